The quantitative estimate of drug-likeness (QED) is 0.487. The van der Waals surface area contributed by atoms with Crippen molar-refractivity contribution in [3.05, 3.63) is 15.8 Å². The van der Waals surface area contributed by atoms with E-state index in [-0.39, 0.29) is 0 Å². The number of rotatable bonds is 3. The Morgan fingerprint density at radius 3 is 3.09 bits per heavy atom. The van der Waals surface area contributed by atoms with Crippen molar-refractivity contribution in [3.63, 3.8) is 0 Å². The van der Waals surface area contributed by atoms with E-state index in [1.165, 1.54) is 0 Å². The molecule has 0 aromatic carbocycles. The summed E-state index contributed by atoms with van der Waals surface area (Å²) in [7, 11) is 0. The Morgan fingerprint density at radius 2 is 2.45 bits per heavy atom. The first-order valence-electron chi connectivity index (χ1n) is 3.00. The lowest BCUT2D eigenvalue weighted by Crippen LogP contribution is -1.87. The van der Waals surface area contributed by atoms with Gasteiger partial charge in [-0.05, 0) is 28.7 Å². The maximum atomic E-state index is 5.52. The lowest BCUT2D eigenvalue weighted by atomic mass is 10.6. The van der Waals surface area contributed by atoms with Crippen LogP contribution < -0.4 is 0 Å². The van der Waals surface area contributed by atoms with Crippen LogP contribution >= 0.6 is 46.0 Å². The zero-order valence-electron chi connectivity index (χ0n) is 5.63. The minimum absolute atomic E-state index is 0.651. The minimum Gasteiger partial charge on any atom is -0.157 e. The Morgan fingerprint density at radius 1 is 1.64 bits per heavy atom. The van der Waals surface area contributed by atoms with Crippen molar-refractivity contribution < 1.29 is 0 Å². The topological polar surface area (TPSA) is 25.8 Å². The zero-order valence-corrected chi connectivity index (χ0v) is 9.36. The fraction of sp³-hybridized carbons (Fsp3) is 0.333. The van der Waals surface area contributed by atoms with Crippen LogP contribution in [-0.4, -0.2) is 21.8 Å². The maximum Gasteiger partial charge on any atom is 0.120 e. The molecule has 0 unspecified atom stereocenters. The van der Waals surface area contributed by atoms with Crippen molar-refractivity contribution in [1.29, 1.82) is 0 Å². The second-order valence-electron chi connectivity index (χ2n) is 1.75. The average Bonchev–Trinajstić information content (AvgIpc) is 2.01. The number of aromatic nitrogens is 2. The molecule has 0 atom stereocenters. The van der Waals surface area contributed by atoms with E-state index in [0.29, 0.717) is 5.88 Å². The second-order valence-corrected chi connectivity index (χ2v) is 4.49. The van der Waals surface area contributed by atoms with Gasteiger partial charge in [0, 0.05) is 15.2 Å². The molecular formula is C6H6ClIN2S. The molecule has 2 nitrogen and oxygen atoms in total. The van der Waals surface area contributed by atoms with Crippen molar-refractivity contribution in [1.82, 2.24) is 10.2 Å². The molecule has 0 fully saturated rings. The summed E-state index contributed by atoms with van der Waals surface area (Å²) in [6.07, 6.45) is 1.73. The van der Waals surface area contributed by atoms with Crippen LogP contribution in [0.5, 0.6) is 0 Å². The Bertz CT molecular complexity index is 234. The van der Waals surface area contributed by atoms with E-state index in [2.05, 4.69) is 32.8 Å². The van der Waals surface area contributed by atoms with Gasteiger partial charge in [-0.25, -0.2) is 0 Å². The van der Waals surface area contributed by atoms with E-state index in [0.717, 1.165) is 14.3 Å². The van der Waals surface area contributed by atoms with Gasteiger partial charge in [0.15, 0.2) is 0 Å². The fourth-order valence-corrected chi connectivity index (χ4v) is 2.00. The number of thioether (sulfide) groups is 1. The van der Waals surface area contributed by atoms with Gasteiger partial charge in [-0.15, -0.1) is 28.5 Å². The first-order valence-corrected chi connectivity index (χ1v) is 5.60. The van der Waals surface area contributed by atoms with Gasteiger partial charge >= 0.3 is 0 Å². The Hall–Kier alpha value is 0.450. The SMILES string of the molecule is ClCCSc1cc(I)cnn1. The third kappa shape index (κ3) is 3.57. The van der Waals surface area contributed by atoms with Crippen molar-refractivity contribution in [2.75, 3.05) is 11.6 Å². The summed E-state index contributed by atoms with van der Waals surface area (Å²) in [5.74, 6) is 1.54. The van der Waals surface area contributed by atoms with Gasteiger partial charge in [-0.3, -0.25) is 0 Å². The second kappa shape index (κ2) is 5.16. The van der Waals surface area contributed by atoms with E-state index in [4.69, 9.17) is 11.6 Å². The summed E-state index contributed by atoms with van der Waals surface area (Å²) in [6.45, 7) is 0. The Labute approximate surface area is 88.3 Å². The molecule has 1 rings (SSSR count). The molecule has 0 saturated carbocycles. The van der Waals surface area contributed by atoms with E-state index in [1.807, 2.05) is 6.07 Å². The van der Waals surface area contributed by atoms with Gasteiger partial charge in [0.2, 0.25) is 0 Å². The van der Waals surface area contributed by atoms with Gasteiger partial charge in [-0.1, -0.05) is 0 Å². The van der Waals surface area contributed by atoms with Gasteiger partial charge < -0.3 is 0 Å². The summed E-state index contributed by atoms with van der Waals surface area (Å²) < 4.78 is 1.11. The van der Waals surface area contributed by atoms with Crippen molar-refractivity contribution in [2.24, 2.45) is 0 Å². The van der Waals surface area contributed by atoms with Crippen LogP contribution in [0.4, 0.5) is 0 Å². The summed E-state index contributed by atoms with van der Waals surface area (Å²) >= 11 is 9.35. The Balaban J connectivity index is 2.56. The van der Waals surface area contributed by atoms with Crippen LogP contribution in [0.2, 0.25) is 0 Å². The van der Waals surface area contributed by atoms with Crippen LogP contribution in [0.15, 0.2) is 17.3 Å². The summed E-state index contributed by atoms with van der Waals surface area (Å²) in [6, 6.07) is 1.99. The highest BCUT2D eigenvalue weighted by atomic mass is 127. The predicted molar refractivity (Wildman–Crippen MR) is 56.2 cm³/mol. The first-order chi connectivity index (χ1) is 5.33. The van der Waals surface area contributed by atoms with Gasteiger partial charge in [0.25, 0.3) is 0 Å². The number of alkyl halides is 1. The summed E-state index contributed by atoms with van der Waals surface area (Å²) in [4.78, 5) is 0. The van der Waals surface area contributed by atoms with Gasteiger partial charge in [0.05, 0.1) is 6.20 Å². The molecule has 0 aliphatic rings. The highest BCUT2D eigenvalue weighted by Crippen LogP contribution is 2.15. The van der Waals surface area contributed by atoms with Crippen LogP contribution in [-0.2, 0) is 0 Å². The Kier molecular flexibility index (Phi) is 4.47. The summed E-state index contributed by atoms with van der Waals surface area (Å²) in [5.41, 5.74) is 0. The summed E-state index contributed by atoms with van der Waals surface area (Å²) in [5, 5.41) is 8.68. The maximum absolute atomic E-state index is 5.52. The zero-order chi connectivity index (χ0) is 8.10. The van der Waals surface area contributed by atoms with E-state index < -0.39 is 0 Å². The van der Waals surface area contributed by atoms with Crippen LogP contribution in [0.3, 0.4) is 0 Å². The average molecular weight is 301 g/mol. The van der Waals surface area contributed by atoms with Crippen molar-refractivity contribution >= 4 is 46.0 Å². The molecule has 1 aromatic heterocycles. The molecule has 5 heteroatoms. The molecule has 0 aliphatic heterocycles. The van der Waals surface area contributed by atoms with Gasteiger partial charge in [-0.2, -0.15) is 5.10 Å². The van der Waals surface area contributed by atoms with Crippen LogP contribution in [0.1, 0.15) is 0 Å². The standard InChI is InChI=1S/C6H6ClIN2S/c7-1-2-11-6-3-5(8)4-9-10-6/h3-4H,1-2H2. The minimum atomic E-state index is 0.651. The lowest BCUT2D eigenvalue weighted by molar-refractivity contribution is 0.922. The molecule has 0 saturated heterocycles. The van der Waals surface area contributed by atoms with Crippen LogP contribution in [0, 0.1) is 3.57 Å². The molecule has 1 heterocycles. The fourth-order valence-electron chi connectivity index (χ4n) is 0.539. The van der Waals surface area contributed by atoms with E-state index in [9.17, 15) is 0 Å². The smallest absolute Gasteiger partial charge is 0.120 e. The first kappa shape index (κ1) is 9.54. The number of nitrogens with zero attached hydrogens (tertiary/aromatic N) is 2. The predicted octanol–water partition coefficient (Wildman–Crippen LogP) is 2.41. The van der Waals surface area contributed by atoms with E-state index >= 15 is 0 Å². The molecule has 0 bridgehead atoms. The van der Waals surface area contributed by atoms with Crippen molar-refractivity contribution in [3.8, 4) is 0 Å². The molecule has 0 radical (unpaired) electrons. The highest BCUT2D eigenvalue weighted by molar-refractivity contribution is 14.1. The van der Waals surface area contributed by atoms with Crippen molar-refractivity contribution in [2.45, 2.75) is 5.03 Å². The monoisotopic (exact) mass is 300 g/mol. The molecule has 0 spiro atoms. The number of hydrogen-bond acceptors (Lipinski definition) is 3. The van der Waals surface area contributed by atoms with Crippen LogP contribution in [0.25, 0.3) is 0 Å². The lowest BCUT2D eigenvalue weighted by Gasteiger charge is -1.95. The number of hydrogen-bond donors (Lipinski definition) is 0. The molecule has 60 valence electrons. The molecule has 0 amide bonds. The van der Waals surface area contributed by atoms with Gasteiger partial charge in [0.1, 0.15) is 5.03 Å². The van der Waals surface area contributed by atoms with E-state index in [1.54, 1.807) is 18.0 Å². The third-order valence-corrected chi connectivity index (χ3v) is 2.83. The number of halogens is 2. The molecular weight excluding hydrogens is 295 g/mol. The molecule has 0 aliphatic carbocycles. The molecule has 0 N–H and O–H groups in total. The molecule has 11 heavy (non-hydrogen) atoms. The highest BCUT2D eigenvalue weighted by Gasteiger charge is 1.95. The third-order valence-electron chi connectivity index (χ3n) is 0.926. The molecule has 1 aromatic rings. The normalized spacial score (nSPS) is 10.0. The largest absolute Gasteiger partial charge is 0.157 e.